The average Bonchev–Trinajstić information content (AvgIpc) is 2.77. The van der Waals surface area contributed by atoms with Gasteiger partial charge < -0.3 is 18.9 Å². The van der Waals surface area contributed by atoms with E-state index in [-0.39, 0.29) is 36.8 Å². The second-order valence-electron chi connectivity index (χ2n) is 12.8. The van der Waals surface area contributed by atoms with Crippen molar-refractivity contribution >= 4 is 23.9 Å². The van der Waals surface area contributed by atoms with Gasteiger partial charge in [0.05, 0.1) is 7.11 Å². The molecule has 0 aliphatic heterocycles. The van der Waals surface area contributed by atoms with Gasteiger partial charge in [-0.15, -0.1) is 0 Å². The Bertz CT molecular complexity index is 732. The Morgan fingerprint density at radius 2 is 1.21 bits per heavy atom. The molecular formula is C31H56O8. The topological polar surface area (TPSA) is 105 Å². The Kier molecular flexibility index (Phi) is 16.6. The molecule has 0 radical (unpaired) electrons. The summed E-state index contributed by atoms with van der Waals surface area (Å²) >= 11 is 0. The molecule has 0 saturated carbocycles. The van der Waals surface area contributed by atoms with Crippen molar-refractivity contribution < 1.29 is 38.1 Å². The van der Waals surface area contributed by atoms with Crippen LogP contribution in [0.3, 0.4) is 0 Å². The fourth-order valence-corrected chi connectivity index (χ4v) is 4.51. The van der Waals surface area contributed by atoms with Crippen LogP contribution in [0.5, 0.6) is 0 Å². The highest BCUT2D eigenvalue weighted by Gasteiger charge is 2.50. The van der Waals surface area contributed by atoms with Gasteiger partial charge >= 0.3 is 23.9 Å². The van der Waals surface area contributed by atoms with Crippen LogP contribution in [0.1, 0.15) is 139 Å². The largest absolute Gasteiger partial charge is 0.469 e. The quantitative estimate of drug-likeness (QED) is 0.0762. The minimum Gasteiger partial charge on any atom is -0.469 e. The fourth-order valence-electron chi connectivity index (χ4n) is 4.51. The summed E-state index contributed by atoms with van der Waals surface area (Å²) in [6, 6.07) is 0. The first-order valence-electron chi connectivity index (χ1n) is 14.7. The summed E-state index contributed by atoms with van der Waals surface area (Å²) in [7, 11) is 1.38. The molecule has 0 aromatic rings. The third-order valence-corrected chi connectivity index (χ3v) is 6.46. The second-order valence-corrected chi connectivity index (χ2v) is 12.8. The summed E-state index contributed by atoms with van der Waals surface area (Å²) < 4.78 is 21.9. The predicted octanol–water partition coefficient (Wildman–Crippen LogP) is 7.10. The molecule has 0 N–H and O–H groups in total. The average molecular weight is 557 g/mol. The van der Waals surface area contributed by atoms with E-state index in [9.17, 15) is 19.2 Å². The predicted molar refractivity (Wildman–Crippen MR) is 152 cm³/mol. The van der Waals surface area contributed by atoms with Crippen LogP contribution in [-0.4, -0.2) is 48.3 Å². The number of rotatable bonds is 18. The van der Waals surface area contributed by atoms with E-state index < -0.39 is 28.6 Å². The van der Waals surface area contributed by atoms with Gasteiger partial charge in [0.2, 0.25) is 0 Å². The van der Waals surface area contributed by atoms with Crippen LogP contribution in [0, 0.1) is 11.3 Å². The molecule has 39 heavy (non-hydrogen) atoms. The molecule has 228 valence electrons. The number of hydrogen-bond donors (Lipinski definition) is 0. The molecule has 2 atom stereocenters. The minimum absolute atomic E-state index is 0.127. The Morgan fingerprint density at radius 1 is 0.718 bits per heavy atom. The molecule has 0 aromatic heterocycles. The highest BCUT2D eigenvalue weighted by molar-refractivity contribution is 6.00. The normalized spacial score (nSPS) is 13.8. The van der Waals surface area contributed by atoms with Crippen LogP contribution in [0.15, 0.2) is 0 Å². The third-order valence-electron chi connectivity index (χ3n) is 6.46. The lowest BCUT2D eigenvalue weighted by molar-refractivity contribution is -0.187. The van der Waals surface area contributed by atoms with E-state index in [1.165, 1.54) is 14.0 Å². The summed E-state index contributed by atoms with van der Waals surface area (Å²) in [4.78, 5) is 50.7. The molecule has 0 spiro atoms. The molecule has 8 heteroatoms. The molecule has 0 rings (SSSR count). The summed E-state index contributed by atoms with van der Waals surface area (Å²) in [5.41, 5.74) is -3.03. The summed E-state index contributed by atoms with van der Waals surface area (Å²) in [6.45, 7) is 16.2. The van der Waals surface area contributed by atoms with Crippen molar-refractivity contribution in [1.29, 1.82) is 0 Å². The second kappa shape index (κ2) is 17.5. The van der Waals surface area contributed by atoms with Gasteiger partial charge in [-0.1, -0.05) is 46.0 Å². The maximum Gasteiger partial charge on any atom is 0.324 e. The summed E-state index contributed by atoms with van der Waals surface area (Å²) in [5.74, 6) is -1.62. The number of esters is 4. The van der Waals surface area contributed by atoms with Crippen LogP contribution in [-0.2, 0) is 38.1 Å². The molecule has 0 amide bonds. The van der Waals surface area contributed by atoms with Crippen LogP contribution in [0.25, 0.3) is 0 Å². The van der Waals surface area contributed by atoms with Crippen molar-refractivity contribution in [2.24, 2.45) is 11.3 Å². The molecule has 0 saturated heterocycles. The number of unbranched alkanes of at least 4 members (excludes halogenated alkanes) is 3. The maximum absolute atomic E-state index is 13.7. The van der Waals surface area contributed by atoms with Gasteiger partial charge in [0.25, 0.3) is 0 Å². The van der Waals surface area contributed by atoms with Gasteiger partial charge in [0, 0.05) is 13.3 Å². The van der Waals surface area contributed by atoms with E-state index >= 15 is 0 Å². The van der Waals surface area contributed by atoms with Crippen molar-refractivity contribution in [2.75, 3.05) is 7.11 Å². The highest BCUT2D eigenvalue weighted by atomic mass is 16.6. The van der Waals surface area contributed by atoms with Crippen LogP contribution < -0.4 is 0 Å². The molecule has 0 heterocycles. The standard InChI is InChI=1S/C31H56O8/c1-11-12-13-18-25(37-24(3)32)19-16-21-31(27(34)38-29(4,5)6,28(35)39-30(7,8)9)20-15-14-17-23(2)22-26(33)36-10/h23,25H,11-22H2,1-10H3. The van der Waals surface area contributed by atoms with Crippen LogP contribution in [0.2, 0.25) is 0 Å². The molecule has 0 bridgehead atoms. The van der Waals surface area contributed by atoms with E-state index in [1.54, 1.807) is 41.5 Å². The lowest BCUT2D eigenvalue weighted by atomic mass is 9.77. The van der Waals surface area contributed by atoms with E-state index in [4.69, 9.17) is 18.9 Å². The molecule has 0 aliphatic carbocycles. The maximum atomic E-state index is 13.7. The zero-order chi connectivity index (χ0) is 30.3. The number of carbonyl (C=O) groups excluding carboxylic acids is 4. The molecular weight excluding hydrogens is 500 g/mol. The van der Waals surface area contributed by atoms with E-state index in [0.29, 0.717) is 25.7 Å². The van der Waals surface area contributed by atoms with E-state index in [1.807, 2.05) is 6.92 Å². The van der Waals surface area contributed by atoms with Gasteiger partial charge in [-0.25, -0.2) is 0 Å². The van der Waals surface area contributed by atoms with Crippen molar-refractivity contribution in [3.63, 3.8) is 0 Å². The van der Waals surface area contributed by atoms with Crippen molar-refractivity contribution in [3.8, 4) is 0 Å². The zero-order valence-corrected chi connectivity index (χ0v) is 26.4. The Morgan fingerprint density at radius 3 is 1.67 bits per heavy atom. The number of ether oxygens (including phenoxy) is 4. The Balaban J connectivity index is 5.89. The lowest BCUT2D eigenvalue weighted by Gasteiger charge is -2.35. The van der Waals surface area contributed by atoms with E-state index in [0.717, 1.165) is 38.5 Å². The van der Waals surface area contributed by atoms with Gasteiger partial charge in [0.1, 0.15) is 17.3 Å². The molecule has 0 aromatic carbocycles. The van der Waals surface area contributed by atoms with Gasteiger partial charge in [0.15, 0.2) is 5.41 Å². The zero-order valence-electron chi connectivity index (χ0n) is 26.4. The number of methoxy groups -OCH3 is 1. The third kappa shape index (κ3) is 16.6. The van der Waals surface area contributed by atoms with Crippen LogP contribution >= 0.6 is 0 Å². The minimum atomic E-state index is -1.48. The first kappa shape index (κ1) is 36.9. The fraction of sp³-hybridized carbons (Fsp3) is 0.871. The SMILES string of the molecule is CCCCCC(CCCC(CCCCC(C)CC(=O)OC)(C(=O)OC(C)(C)C)C(=O)OC(C)(C)C)OC(C)=O. The van der Waals surface area contributed by atoms with E-state index in [2.05, 4.69) is 6.92 Å². The molecule has 2 unspecified atom stereocenters. The van der Waals surface area contributed by atoms with Crippen molar-refractivity contribution in [3.05, 3.63) is 0 Å². The number of hydrogen-bond acceptors (Lipinski definition) is 8. The van der Waals surface area contributed by atoms with Gasteiger partial charge in [-0.05, 0) is 86.0 Å². The lowest BCUT2D eigenvalue weighted by Crippen LogP contribution is -2.47. The van der Waals surface area contributed by atoms with Crippen molar-refractivity contribution in [2.45, 2.75) is 157 Å². The Hall–Kier alpha value is -2.12. The van der Waals surface area contributed by atoms with Crippen LogP contribution in [0.4, 0.5) is 0 Å². The van der Waals surface area contributed by atoms with Gasteiger partial charge in [-0.3, -0.25) is 19.2 Å². The molecule has 8 nitrogen and oxygen atoms in total. The van der Waals surface area contributed by atoms with Crippen molar-refractivity contribution in [1.82, 2.24) is 0 Å². The molecule has 0 aliphatic rings. The monoisotopic (exact) mass is 556 g/mol. The highest BCUT2D eigenvalue weighted by Crippen LogP contribution is 2.38. The Labute approximate surface area is 237 Å². The molecule has 0 fully saturated rings. The smallest absolute Gasteiger partial charge is 0.324 e. The first-order valence-corrected chi connectivity index (χ1v) is 14.7. The summed E-state index contributed by atoms with van der Waals surface area (Å²) in [6.07, 6.45) is 7.52. The first-order chi connectivity index (χ1) is 18.0. The number of carbonyl (C=O) groups is 4. The van der Waals surface area contributed by atoms with Gasteiger partial charge in [-0.2, -0.15) is 0 Å². The summed E-state index contributed by atoms with van der Waals surface area (Å²) in [5, 5.41) is 0.